The molecule has 13 heavy (non-hydrogen) atoms. The Morgan fingerprint density at radius 3 is 2.77 bits per heavy atom. The Kier molecular flexibility index (Phi) is 3.27. The van der Waals surface area contributed by atoms with E-state index in [2.05, 4.69) is 5.32 Å². The van der Waals surface area contributed by atoms with Gasteiger partial charge in [0, 0.05) is 6.42 Å². The molecular formula is C9H17NO3. The number of hydrogen-bond donors (Lipinski definition) is 1. The summed E-state index contributed by atoms with van der Waals surface area (Å²) in [6, 6.07) is 0. The van der Waals surface area contributed by atoms with Gasteiger partial charge in [-0.25, -0.2) is 0 Å². The number of rotatable bonds is 3. The van der Waals surface area contributed by atoms with Crippen molar-refractivity contribution in [3.05, 3.63) is 0 Å². The largest absolute Gasteiger partial charge is 0.458 e. The Balaban J connectivity index is 2.39. The molecular weight excluding hydrogens is 170 g/mol. The van der Waals surface area contributed by atoms with Crippen molar-refractivity contribution < 1.29 is 14.3 Å². The number of carbonyl (C=O) groups is 1. The van der Waals surface area contributed by atoms with E-state index in [1.54, 1.807) is 20.9 Å². The minimum Gasteiger partial charge on any atom is -0.458 e. The zero-order valence-electron chi connectivity index (χ0n) is 8.42. The smallest absolute Gasteiger partial charge is 0.326 e. The lowest BCUT2D eigenvalue weighted by atomic mass is 10.1. The van der Waals surface area contributed by atoms with Gasteiger partial charge < -0.3 is 14.8 Å². The summed E-state index contributed by atoms with van der Waals surface area (Å²) < 4.78 is 10.3. The third-order valence-electron chi connectivity index (χ3n) is 2.30. The first-order valence-corrected chi connectivity index (χ1v) is 4.54. The van der Waals surface area contributed by atoms with Crippen LogP contribution in [0.3, 0.4) is 0 Å². The van der Waals surface area contributed by atoms with Crippen LogP contribution in [0.5, 0.6) is 0 Å². The van der Waals surface area contributed by atoms with E-state index in [4.69, 9.17) is 9.47 Å². The SMILES string of the molecule is CNC(C)(C)C(=O)OC1CCOC1. The molecule has 76 valence electrons. The summed E-state index contributed by atoms with van der Waals surface area (Å²) in [5.41, 5.74) is -0.609. The van der Waals surface area contributed by atoms with E-state index in [-0.39, 0.29) is 12.1 Å². The van der Waals surface area contributed by atoms with Gasteiger partial charge in [0.25, 0.3) is 0 Å². The van der Waals surface area contributed by atoms with Gasteiger partial charge in [-0.3, -0.25) is 4.79 Å². The highest BCUT2D eigenvalue weighted by Crippen LogP contribution is 2.12. The summed E-state index contributed by atoms with van der Waals surface area (Å²) in [6.45, 7) is 4.82. The molecule has 1 aliphatic rings. The van der Waals surface area contributed by atoms with E-state index < -0.39 is 5.54 Å². The third kappa shape index (κ3) is 2.67. The maximum absolute atomic E-state index is 11.5. The van der Waals surface area contributed by atoms with Crippen molar-refractivity contribution in [1.29, 1.82) is 0 Å². The van der Waals surface area contributed by atoms with Crippen molar-refractivity contribution >= 4 is 5.97 Å². The number of nitrogens with one attached hydrogen (secondary N) is 1. The van der Waals surface area contributed by atoms with Crippen LogP contribution in [0.2, 0.25) is 0 Å². The maximum atomic E-state index is 11.5. The van der Waals surface area contributed by atoms with Crippen molar-refractivity contribution in [1.82, 2.24) is 5.32 Å². The number of esters is 1. The second-order valence-corrected chi connectivity index (χ2v) is 3.77. The molecule has 4 nitrogen and oxygen atoms in total. The standard InChI is InChI=1S/C9H17NO3/c1-9(2,10-3)8(11)13-7-4-5-12-6-7/h7,10H,4-6H2,1-3H3. The molecule has 1 rings (SSSR count). The summed E-state index contributed by atoms with van der Waals surface area (Å²) in [6.07, 6.45) is 0.756. The summed E-state index contributed by atoms with van der Waals surface area (Å²) >= 11 is 0. The zero-order chi connectivity index (χ0) is 9.90. The fraction of sp³-hybridized carbons (Fsp3) is 0.889. The Morgan fingerprint density at radius 2 is 2.31 bits per heavy atom. The van der Waals surface area contributed by atoms with Crippen LogP contribution >= 0.6 is 0 Å². The highest BCUT2D eigenvalue weighted by atomic mass is 16.6. The van der Waals surface area contributed by atoms with Gasteiger partial charge in [0.1, 0.15) is 11.6 Å². The van der Waals surface area contributed by atoms with Crippen molar-refractivity contribution in [3.63, 3.8) is 0 Å². The van der Waals surface area contributed by atoms with Crippen molar-refractivity contribution in [2.24, 2.45) is 0 Å². The zero-order valence-corrected chi connectivity index (χ0v) is 8.42. The minimum atomic E-state index is -0.609. The summed E-state index contributed by atoms with van der Waals surface area (Å²) in [5, 5.41) is 2.90. The Morgan fingerprint density at radius 1 is 1.62 bits per heavy atom. The van der Waals surface area contributed by atoms with Crippen molar-refractivity contribution in [3.8, 4) is 0 Å². The number of carbonyl (C=O) groups excluding carboxylic acids is 1. The molecule has 0 radical (unpaired) electrons. The van der Waals surface area contributed by atoms with Gasteiger partial charge in [0.15, 0.2) is 0 Å². The van der Waals surface area contributed by atoms with Gasteiger partial charge in [-0.2, -0.15) is 0 Å². The Hall–Kier alpha value is -0.610. The fourth-order valence-corrected chi connectivity index (χ4v) is 1.01. The predicted molar refractivity (Wildman–Crippen MR) is 48.5 cm³/mol. The highest BCUT2D eigenvalue weighted by Gasteiger charge is 2.30. The van der Waals surface area contributed by atoms with Crippen LogP contribution < -0.4 is 5.32 Å². The van der Waals surface area contributed by atoms with Gasteiger partial charge in [0.2, 0.25) is 0 Å². The highest BCUT2D eigenvalue weighted by molar-refractivity contribution is 5.79. The van der Waals surface area contributed by atoms with E-state index in [1.807, 2.05) is 0 Å². The number of likely N-dealkylation sites (N-methyl/N-ethyl adjacent to an activating group) is 1. The average Bonchev–Trinajstić information content (AvgIpc) is 2.57. The fourth-order valence-electron chi connectivity index (χ4n) is 1.01. The molecule has 0 bridgehead atoms. The molecule has 0 aromatic heterocycles. The topological polar surface area (TPSA) is 47.6 Å². The first-order chi connectivity index (χ1) is 6.06. The van der Waals surface area contributed by atoms with Gasteiger partial charge in [-0.1, -0.05) is 0 Å². The lowest BCUT2D eigenvalue weighted by Gasteiger charge is -2.23. The van der Waals surface area contributed by atoms with Crippen LogP contribution in [0.25, 0.3) is 0 Å². The van der Waals surface area contributed by atoms with E-state index in [9.17, 15) is 4.79 Å². The molecule has 0 aromatic carbocycles. The lowest BCUT2D eigenvalue weighted by Crippen LogP contribution is -2.46. The van der Waals surface area contributed by atoms with Crippen LogP contribution in [-0.4, -0.2) is 37.9 Å². The molecule has 1 atom stereocenters. The summed E-state index contributed by atoms with van der Waals surface area (Å²) in [7, 11) is 1.74. The summed E-state index contributed by atoms with van der Waals surface area (Å²) in [4.78, 5) is 11.5. The number of ether oxygens (including phenoxy) is 2. The minimum absolute atomic E-state index is 0.0554. The van der Waals surface area contributed by atoms with Crippen LogP contribution in [0.1, 0.15) is 20.3 Å². The molecule has 0 aromatic rings. The molecule has 0 aliphatic carbocycles. The van der Waals surface area contributed by atoms with Crippen LogP contribution in [-0.2, 0) is 14.3 Å². The Labute approximate surface area is 78.6 Å². The maximum Gasteiger partial charge on any atom is 0.326 e. The van der Waals surface area contributed by atoms with Crippen LogP contribution in [0.15, 0.2) is 0 Å². The molecule has 0 saturated carbocycles. The number of hydrogen-bond acceptors (Lipinski definition) is 4. The van der Waals surface area contributed by atoms with E-state index in [1.165, 1.54) is 0 Å². The van der Waals surface area contributed by atoms with E-state index in [0.29, 0.717) is 13.2 Å². The Bertz CT molecular complexity index is 185. The molecule has 1 aliphatic heterocycles. The molecule has 1 saturated heterocycles. The quantitative estimate of drug-likeness (QED) is 0.646. The third-order valence-corrected chi connectivity index (χ3v) is 2.30. The lowest BCUT2D eigenvalue weighted by molar-refractivity contribution is -0.155. The molecule has 1 unspecified atom stereocenters. The monoisotopic (exact) mass is 187 g/mol. The first-order valence-electron chi connectivity index (χ1n) is 4.54. The second-order valence-electron chi connectivity index (χ2n) is 3.77. The van der Waals surface area contributed by atoms with Gasteiger partial charge in [-0.05, 0) is 20.9 Å². The predicted octanol–water partition coefficient (Wildman–Crippen LogP) is 0.316. The normalized spacial score (nSPS) is 23.2. The molecule has 0 spiro atoms. The van der Waals surface area contributed by atoms with Crippen molar-refractivity contribution in [2.75, 3.05) is 20.3 Å². The van der Waals surface area contributed by atoms with Crippen LogP contribution in [0, 0.1) is 0 Å². The summed E-state index contributed by atoms with van der Waals surface area (Å²) in [5.74, 6) is -0.217. The first kappa shape index (κ1) is 10.5. The molecule has 1 fully saturated rings. The molecule has 0 amide bonds. The van der Waals surface area contributed by atoms with Gasteiger partial charge in [-0.15, -0.1) is 0 Å². The van der Waals surface area contributed by atoms with E-state index in [0.717, 1.165) is 6.42 Å². The van der Waals surface area contributed by atoms with Crippen molar-refractivity contribution in [2.45, 2.75) is 31.9 Å². The molecule has 1 heterocycles. The average molecular weight is 187 g/mol. The molecule has 4 heteroatoms. The second kappa shape index (κ2) is 4.07. The van der Waals surface area contributed by atoms with Gasteiger partial charge in [0.05, 0.1) is 13.2 Å². The van der Waals surface area contributed by atoms with Gasteiger partial charge >= 0.3 is 5.97 Å². The van der Waals surface area contributed by atoms with Crippen LogP contribution in [0.4, 0.5) is 0 Å². The van der Waals surface area contributed by atoms with E-state index >= 15 is 0 Å². The molecule has 1 N–H and O–H groups in total.